The Morgan fingerprint density at radius 3 is 2.53 bits per heavy atom. The molecule has 0 saturated carbocycles. The highest BCUT2D eigenvalue weighted by atomic mass is 32.2. The second-order valence-corrected chi connectivity index (χ2v) is 8.42. The molecule has 8 nitrogen and oxygen atoms in total. The maximum absolute atomic E-state index is 12.7. The fourth-order valence-electron chi connectivity index (χ4n) is 3.06. The van der Waals surface area contributed by atoms with Crippen molar-refractivity contribution < 1.29 is 13.2 Å². The zero-order valence-electron chi connectivity index (χ0n) is 16.9. The van der Waals surface area contributed by atoms with E-state index in [4.69, 9.17) is 0 Å². The average molecular weight is 428 g/mol. The number of rotatable bonds is 9. The Morgan fingerprint density at radius 1 is 1.07 bits per heavy atom. The van der Waals surface area contributed by atoms with Crippen molar-refractivity contribution in [1.82, 2.24) is 14.1 Å². The molecule has 2 aromatic carbocycles. The van der Waals surface area contributed by atoms with Crippen molar-refractivity contribution in [2.24, 2.45) is 0 Å². The predicted octanol–water partition coefficient (Wildman–Crippen LogP) is 2.95. The van der Waals surface area contributed by atoms with Gasteiger partial charge in [0.1, 0.15) is 0 Å². The van der Waals surface area contributed by atoms with Gasteiger partial charge in [0, 0.05) is 31.2 Å². The van der Waals surface area contributed by atoms with E-state index in [2.05, 4.69) is 15.7 Å². The molecule has 0 aliphatic heterocycles. The summed E-state index contributed by atoms with van der Waals surface area (Å²) >= 11 is 0. The second-order valence-electron chi connectivity index (χ2n) is 6.49. The molecular weight excluding hydrogens is 402 g/mol. The maximum atomic E-state index is 12.7. The highest BCUT2D eigenvalue weighted by Crippen LogP contribution is 2.20. The van der Waals surface area contributed by atoms with Crippen molar-refractivity contribution in [2.75, 3.05) is 30.3 Å². The molecule has 1 amide bonds. The van der Waals surface area contributed by atoms with Crippen molar-refractivity contribution in [1.29, 1.82) is 0 Å². The summed E-state index contributed by atoms with van der Waals surface area (Å²) in [5, 5.41) is 10.1. The van der Waals surface area contributed by atoms with Gasteiger partial charge in [0.2, 0.25) is 15.9 Å². The minimum absolute atomic E-state index is 0.0192. The molecule has 0 atom stereocenters. The van der Waals surface area contributed by atoms with Crippen LogP contribution in [0, 0.1) is 0 Å². The average Bonchev–Trinajstić information content (AvgIpc) is 3.28. The first-order valence-corrected chi connectivity index (χ1v) is 11.1. The van der Waals surface area contributed by atoms with E-state index in [0.29, 0.717) is 18.8 Å². The normalized spacial score (nSPS) is 11.4. The zero-order chi connectivity index (χ0) is 21.6. The van der Waals surface area contributed by atoms with E-state index in [1.54, 1.807) is 36.9 Å². The van der Waals surface area contributed by atoms with E-state index in [9.17, 15) is 13.2 Å². The molecule has 0 fully saturated rings. The van der Waals surface area contributed by atoms with E-state index < -0.39 is 10.0 Å². The topological polar surface area (TPSA) is 96.3 Å². The first kappa shape index (κ1) is 21.5. The number of hydrogen-bond acceptors (Lipinski definition) is 5. The van der Waals surface area contributed by atoms with E-state index >= 15 is 0 Å². The van der Waals surface area contributed by atoms with Crippen LogP contribution in [0.2, 0.25) is 0 Å². The van der Waals surface area contributed by atoms with Gasteiger partial charge in [-0.3, -0.25) is 4.79 Å². The van der Waals surface area contributed by atoms with E-state index in [0.717, 1.165) is 11.4 Å². The molecule has 1 aromatic heterocycles. The van der Waals surface area contributed by atoms with Crippen LogP contribution in [0.15, 0.2) is 71.9 Å². The number of para-hydroxylation sites is 2. The fraction of sp³-hybridized carbons (Fsp3) is 0.238. The molecule has 2 N–H and O–H groups in total. The summed E-state index contributed by atoms with van der Waals surface area (Å²) in [7, 11) is -3.59. The van der Waals surface area contributed by atoms with Crippen LogP contribution < -0.4 is 10.6 Å². The van der Waals surface area contributed by atoms with Gasteiger partial charge in [0.15, 0.2) is 0 Å². The molecule has 0 aliphatic rings. The Kier molecular flexibility index (Phi) is 6.86. The van der Waals surface area contributed by atoms with Crippen LogP contribution in [-0.2, 0) is 14.8 Å². The lowest BCUT2D eigenvalue weighted by Crippen LogP contribution is -2.30. The number of benzene rings is 2. The van der Waals surface area contributed by atoms with Crippen molar-refractivity contribution in [3.05, 3.63) is 67.0 Å². The van der Waals surface area contributed by atoms with Gasteiger partial charge in [-0.1, -0.05) is 32.0 Å². The van der Waals surface area contributed by atoms with Crippen LogP contribution in [0.25, 0.3) is 5.69 Å². The number of carbonyl (C=O) groups excluding carboxylic acids is 1. The number of amides is 1. The molecule has 1 heterocycles. The minimum Gasteiger partial charge on any atom is -0.374 e. The summed E-state index contributed by atoms with van der Waals surface area (Å²) in [6, 6.07) is 15.6. The summed E-state index contributed by atoms with van der Waals surface area (Å²) in [6.07, 6.45) is 3.51. The van der Waals surface area contributed by atoms with Crippen LogP contribution in [0.4, 0.5) is 11.4 Å². The van der Waals surface area contributed by atoms with Crippen LogP contribution in [0.3, 0.4) is 0 Å². The Balaban J connectivity index is 1.68. The van der Waals surface area contributed by atoms with Gasteiger partial charge in [-0.2, -0.15) is 9.40 Å². The van der Waals surface area contributed by atoms with Gasteiger partial charge in [-0.15, -0.1) is 0 Å². The fourth-order valence-corrected chi connectivity index (χ4v) is 4.57. The molecule has 30 heavy (non-hydrogen) atoms. The van der Waals surface area contributed by atoms with Crippen LogP contribution >= 0.6 is 0 Å². The molecule has 0 saturated heterocycles. The summed E-state index contributed by atoms with van der Waals surface area (Å²) in [6.45, 7) is 4.37. The molecule has 0 unspecified atom stereocenters. The largest absolute Gasteiger partial charge is 0.374 e. The molecule has 0 aliphatic carbocycles. The quantitative estimate of drug-likeness (QED) is 0.547. The van der Waals surface area contributed by atoms with Crippen LogP contribution in [0.1, 0.15) is 13.8 Å². The number of hydrogen-bond donors (Lipinski definition) is 2. The monoisotopic (exact) mass is 427 g/mol. The van der Waals surface area contributed by atoms with Gasteiger partial charge in [-0.25, -0.2) is 13.1 Å². The number of nitrogens with zero attached hydrogens (tertiary/aromatic N) is 3. The number of carbonyl (C=O) groups is 1. The van der Waals surface area contributed by atoms with Crippen molar-refractivity contribution in [3.8, 4) is 5.69 Å². The van der Waals surface area contributed by atoms with E-state index in [1.807, 2.05) is 36.5 Å². The molecule has 9 heteroatoms. The number of nitrogens with one attached hydrogen (secondary N) is 2. The van der Waals surface area contributed by atoms with Crippen molar-refractivity contribution >= 4 is 27.3 Å². The number of aromatic nitrogens is 2. The highest BCUT2D eigenvalue weighted by molar-refractivity contribution is 7.89. The predicted molar refractivity (Wildman–Crippen MR) is 117 cm³/mol. The van der Waals surface area contributed by atoms with Crippen molar-refractivity contribution in [2.45, 2.75) is 18.7 Å². The van der Waals surface area contributed by atoms with Gasteiger partial charge < -0.3 is 10.6 Å². The van der Waals surface area contributed by atoms with Crippen LogP contribution in [0.5, 0.6) is 0 Å². The lowest BCUT2D eigenvalue weighted by Gasteiger charge is -2.19. The molecular formula is C21H25N5O3S. The standard InChI is InChI=1S/C21H25N5O3S/c1-3-25(4-2)30(28,29)18-10-7-9-17(15-18)24-21(27)16-22-19-11-5-6-12-20(19)26-14-8-13-23-26/h5-15,22H,3-4,16H2,1-2H3,(H,24,27). The van der Waals surface area contributed by atoms with E-state index in [-0.39, 0.29) is 17.3 Å². The Morgan fingerprint density at radius 2 is 1.83 bits per heavy atom. The van der Waals surface area contributed by atoms with Crippen LogP contribution in [-0.4, -0.2) is 48.0 Å². The Hall–Kier alpha value is -3.17. The smallest absolute Gasteiger partial charge is 0.243 e. The number of anilines is 2. The van der Waals surface area contributed by atoms with Gasteiger partial charge in [0.25, 0.3) is 0 Å². The molecule has 0 radical (unpaired) electrons. The molecule has 0 bridgehead atoms. The molecule has 158 valence electrons. The first-order chi connectivity index (χ1) is 14.5. The summed E-state index contributed by atoms with van der Waals surface area (Å²) < 4.78 is 28.5. The maximum Gasteiger partial charge on any atom is 0.243 e. The Bertz CT molecular complexity index is 1090. The Labute approximate surface area is 176 Å². The lowest BCUT2D eigenvalue weighted by atomic mass is 10.2. The first-order valence-electron chi connectivity index (χ1n) is 9.68. The minimum atomic E-state index is -3.59. The zero-order valence-corrected chi connectivity index (χ0v) is 17.8. The summed E-state index contributed by atoms with van der Waals surface area (Å²) in [5.74, 6) is -0.289. The third-order valence-electron chi connectivity index (χ3n) is 4.56. The summed E-state index contributed by atoms with van der Waals surface area (Å²) in [4.78, 5) is 12.6. The summed E-state index contributed by atoms with van der Waals surface area (Å²) in [5.41, 5.74) is 2.01. The molecule has 0 spiro atoms. The third-order valence-corrected chi connectivity index (χ3v) is 6.60. The lowest BCUT2D eigenvalue weighted by molar-refractivity contribution is -0.114. The molecule has 3 rings (SSSR count). The second kappa shape index (κ2) is 9.55. The van der Waals surface area contributed by atoms with Crippen molar-refractivity contribution in [3.63, 3.8) is 0 Å². The van der Waals surface area contributed by atoms with Gasteiger partial charge in [-0.05, 0) is 36.4 Å². The van der Waals surface area contributed by atoms with Gasteiger partial charge in [0.05, 0.1) is 22.8 Å². The number of sulfonamides is 1. The van der Waals surface area contributed by atoms with E-state index in [1.165, 1.54) is 16.4 Å². The highest BCUT2D eigenvalue weighted by Gasteiger charge is 2.21. The molecule has 3 aromatic rings. The SMILES string of the molecule is CCN(CC)S(=O)(=O)c1cccc(NC(=O)CNc2ccccc2-n2cccn2)c1. The third kappa shape index (κ3) is 4.87. The van der Waals surface area contributed by atoms with Gasteiger partial charge >= 0.3 is 0 Å².